The summed E-state index contributed by atoms with van der Waals surface area (Å²) in [6, 6.07) is 25.4. The maximum atomic E-state index is 9.23. The van der Waals surface area contributed by atoms with Crippen molar-refractivity contribution in [2.45, 2.75) is 0 Å². The summed E-state index contributed by atoms with van der Waals surface area (Å²) in [4.78, 5) is 0. The summed E-state index contributed by atoms with van der Waals surface area (Å²) in [5.74, 6) is 1.69. The zero-order chi connectivity index (χ0) is 13.8. The zero-order valence-electron chi connectivity index (χ0n) is 11.5. The average Bonchev–Trinajstić information content (AvgIpc) is 2.51. The van der Waals surface area contributed by atoms with Crippen LogP contribution in [0.2, 0.25) is 0 Å². The van der Waals surface area contributed by atoms with Crippen LogP contribution >= 0.6 is 0 Å². The summed E-state index contributed by atoms with van der Waals surface area (Å²) in [6.07, 6.45) is 0. The van der Waals surface area contributed by atoms with Gasteiger partial charge in [-0.25, -0.2) is 0 Å². The number of aromatic hydroxyl groups is 1. The third-order valence-electron chi connectivity index (χ3n) is 2.98. The first-order valence-electron chi connectivity index (χ1n) is 6.35. The van der Waals surface area contributed by atoms with Gasteiger partial charge in [0.15, 0.2) is 0 Å². The van der Waals surface area contributed by atoms with Crippen LogP contribution in [0.25, 0.3) is 11.1 Å². The molecule has 0 fully saturated rings. The van der Waals surface area contributed by atoms with Gasteiger partial charge in [-0.3, -0.25) is 0 Å². The quantitative estimate of drug-likeness (QED) is 0.561. The molecule has 0 saturated carbocycles. The fourth-order valence-electron chi connectivity index (χ4n) is 1.95. The van der Waals surface area contributed by atoms with Crippen LogP contribution in [0.5, 0.6) is 17.2 Å². The Balaban J connectivity index is 0.00000161. The van der Waals surface area contributed by atoms with Crippen molar-refractivity contribution in [3.63, 3.8) is 0 Å². The summed E-state index contributed by atoms with van der Waals surface area (Å²) in [6.45, 7) is 0. The number of rotatable bonds is 3. The topological polar surface area (TPSA) is 29.5 Å². The van der Waals surface area contributed by atoms with Gasteiger partial charge in [0.1, 0.15) is 17.2 Å². The largest absolute Gasteiger partial charge is 0.508 e. The van der Waals surface area contributed by atoms with Gasteiger partial charge < -0.3 is 9.84 Å². The summed E-state index contributed by atoms with van der Waals surface area (Å²) < 4.78 is 5.71. The molecule has 100 valence electrons. The Labute approximate surface area is 136 Å². The van der Waals surface area contributed by atoms with Gasteiger partial charge in [-0.15, -0.1) is 5.56 Å². The molecule has 0 spiro atoms. The SMILES string of the molecule is Oc1ccc(Oc2ccc(-c3cc[c-]cc3)cc2)cc1.[Zn]. The number of ether oxygens (including phenoxy) is 1. The first-order valence-corrected chi connectivity index (χ1v) is 6.35. The van der Waals surface area contributed by atoms with Crippen molar-refractivity contribution in [2.24, 2.45) is 0 Å². The van der Waals surface area contributed by atoms with E-state index in [-0.39, 0.29) is 25.2 Å². The fraction of sp³-hybridized carbons (Fsp3) is 0. The van der Waals surface area contributed by atoms with Gasteiger partial charge in [-0.05, 0) is 42.0 Å². The Kier molecular flexibility index (Phi) is 5.13. The third kappa shape index (κ3) is 3.93. The van der Waals surface area contributed by atoms with Gasteiger partial charge in [0.2, 0.25) is 0 Å². The van der Waals surface area contributed by atoms with E-state index in [0.29, 0.717) is 5.75 Å². The normalized spacial score (nSPS) is 9.71. The van der Waals surface area contributed by atoms with Gasteiger partial charge in [0.25, 0.3) is 0 Å². The van der Waals surface area contributed by atoms with E-state index in [1.54, 1.807) is 24.3 Å². The van der Waals surface area contributed by atoms with Crippen LogP contribution in [0, 0.1) is 6.07 Å². The summed E-state index contributed by atoms with van der Waals surface area (Å²) in [5.41, 5.74) is 2.29. The average molecular weight is 327 g/mol. The van der Waals surface area contributed by atoms with Gasteiger partial charge in [0, 0.05) is 19.5 Å². The monoisotopic (exact) mass is 325 g/mol. The second-order valence-corrected chi connectivity index (χ2v) is 4.41. The molecule has 0 aromatic heterocycles. The molecule has 0 radical (unpaired) electrons. The Morgan fingerprint density at radius 1 is 0.667 bits per heavy atom. The molecule has 0 saturated heterocycles. The van der Waals surface area contributed by atoms with Gasteiger partial charge in [0.05, 0.1) is 0 Å². The van der Waals surface area contributed by atoms with E-state index in [0.717, 1.165) is 16.9 Å². The van der Waals surface area contributed by atoms with Crippen molar-refractivity contribution in [1.29, 1.82) is 0 Å². The van der Waals surface area contributed by atoms with Gasteiger partial charge in [-0.2, -0.15) is 30.3 Å². The fourth-order valence-corrected chi connectivity index (χ4v) is 1.95. The molecule has 0 unspecified atom stereocenters. The number of phenols is 1. The predicted octanol–water partition coefficient (Wildman–Crippen LogP) is 4.65. The first-order chi connectivity index (χ1) is 9.81. The third-order valence-corrected chi connectivity index (χ3v) is 2.98. The molecule has 0 aliphatic rings. The summed E-state index contributed by atoms with van der Waals surface area (Å²) in [5, 5.41) is 9.23. The van der Waals surface area contributed by atoms with Crippen molar-refractivity contribution in [3.8, 4) is 28.4 Å². The Morgan fingerprint density at radius 2 is 1.14 bits per heavy atom. The molecule has 2 nitrogen and oxygen atoms in total. The molecule has 0 aliphatic heterocycles. The number of benzene rings is 3. The van der Waals surface area contributed by atoms with Crippen LogP contribution in [-0.2, 0) is 19.5 Å². The Hall–Kier alpha value is -2.12. The Morgan fingerprint density at radius 3 is 1.71 bits per heavy atom. The second-order valence-electron chi connectivity index (χ2n) is 4.41. The molecule has 3 rings (SSSR count). The maximum Gasteiger partial charge on any atom is 0.127 e. The summed E-state index contributed by atoms with van der Waals surface area (Å²) >= 11 is 0. The molecule has 0 aliphatic carbocycles. The maximum absolute atomic E-state index is 9.23. The van der Waals surface area contributed by atoms with E-state index < -0.39 is 0 Å². The molecule has 0 bridgehead atoms. The van der Waals surface area contributed by atoms with E-state index in [1.165, 1.54) is 0 Å². The van der Waals surface area contributed by atoms with E-state index in [2.05, 4.69) is 6.07 Å². The van der Waals surface area contributed by atoms with Crippen molar-refractivity contribution in [3.05, 3.63) is 78.9 Å². The molecule has 21 heavy (non-hydrogen) atoms. The molecular formula is C18H13O2Zn-. The molecule has 1 N–H and O–H groups in total. The van der Waals surface area contributed by atoms with Crippen LogP contribution < -0.4 is 4.74 Å². The van der Waals surface area contributed by atoms with Crippen LogP contribution in [0.1, 0.15) is 0 Å². The van der Waals surface area contributed by atoms with Crippen molar-refractivity contribution < 1.29 is 29.3 Å². The van der Waals surface area contributed by atoms with E-state index in [9.17, 15) is 5.11 Å². The smallest absolute Gasteiger partial charge is 0.127 e. The second kappa shape index (κ2) is 7.05. The zero-order valence-corrected chi connectivity index (χ0v) is 14.5. The molecule has 0 amide bonds. The van der Waals surface area contributed by atoms with E-state index in [4.69, 9.17) is 4.74 Å². The van der Waals surface area contributed by atoms with E-state index in [1.807, 2.05) is 48.5 Å². The minimum absolute atomic E-state index is 0. The molecule has 3 heteroatoms. The van der Waals surface area contributed by atoms with Crippen molar-refractivity contribution in [1.82, 2.24) is 0 Å². The molecule has 0 heterocycles. The first kappa shape index (κ1) is 15.3. The van der Waals surface area contributed by atoms with Crippen LogP contribution in [0.4, 0.5) is 0 Å². The van der Waals surface area contributed by atoms with Crippen LogP contribution in [0.3, 0.4) is 0 Å². The van der Waals surface area contributed by atoms with Crippen LogP contribution in [-0.4, -0.2) is 5.11 Å². The minimum Gasteiger partial charge on any atom is -0.508 e. The van der Waals surface area contributed by atoms with Gasteiger partial charge >= 0.3 is 0 Å². The number of phenolic OH excluding ortho intramolecular Hbond substituents is 1. The predicted molar refractivity (Wildman–Crippen MR) is 78.9 cm³/mol. The Bertz CT molecular complexity index is 677. The molecule has 0 atom stereocenters. The molecule has 3 aromatic carbocycles. The van der Waals surface area contributed by atoms with Gasteiger partial charge in [-0.1, -0.05) is 12.1 Å². The summed E-state index contributed by atoms with van der Waals surface area (Å²) in [7, 11) is 0. The van der Waals surface area contributed by atoms with E-state index >= 15 is 0 Å². The minimum atomic E-state index is 0. The molecular weight excluding hydrogens is 314 g/mol. The van der Waals surface area contributed by atoms with Crippen molar-refractivity contribution >= 4 is 0 Å². The van der Waals surface area contributed by atoms with Crippen LogP contribution in [0.15, 0.2) is 72.8 Å². The number of hydrogen-bond acceptors (Lipinski definition) is 2. The standard InChI is InChI=1S/C18H13O2.Zn/c19-16-8-12-18(13-9-16)20-17-10-6-15(7-11-17)14-4-2-1-3-5-14;/h2-13,19H;/q-1;. The van der Waals surface area contributed by atoms with Crippen molar-refractivity contribution in [2.75, 3.05) is 0 Å². The molecule has 3 aromatic rings. The number of hydrogen-bond donors (Lipinski definition) is 1.